The first-order valence-corrected chi connectivity index (χ1v) is 30.9. The van der Waals surface area contributed by atoms with Crippen LogP contribution in [0.1, 0.15) is 277 Å². The van der Waals surface area contributed by atoms with Crippen molar-refractivity contribution in [3.05, 3.63) is 48.6 Å². The molecule has 0 aromatic heterocycles. The molecule has 7 unspecified atom stereocenters. The molecule has 1 fully saturated rings. The molecule has 1 aliphatic rings. The van der Waals surface area contributed by atoms with Crippen LogP contribution in [-0.4, -0.2) is 100 Å². The maximum Gasteiger partial charge on any atom is 0.305 e. The van der Waals surface area contributed by atoms with Crippen molar-refractivity contribution in [3.63, 3.8) is 0 Å². The van der Waals surface area contributed by atoms with Gasteiger partial charge in [-0.25, -0.2) is 0 Å². The van der Waals surface area contributed by atoms with E-state index in [1.54, 1.807) is 6.08 Å². The highest BCUT2D eigenvalue weighted by molar-refractivity contribution is 5.76. The second-order valence-corrected chi connectivity index (χ2v) is 21.4. The number of rotatable bonds is 53. The van der Waals surface area contributed by atoms with E-state index in [0.29, 0.717) is 19.4 Å². The summed E-state index contributed by atoms with van der Waals surface area (Å²) in [4.78, 5) is 25.0. The summed E-state index contributed by atoms with van der Waals surface area (Å²) in [7, 11) is 0. The quantitative estimate of drug-likeness (QED) is 0.0195. The van der Waals surface area contributed by atoms with Crippen LogP contribution in [0, 0.1) is 0 Å². The summed E-state index contributed by atoms with van der Waals surface area (Å²) >= 11 is 0. The SMILES string of the molecule is C/C=C/CC/C=C/CC/C=C/C(O)C(COC1OC(CO)C(O)C(O)C1O)NC(=O)CCCCCCCCCC/C=C\CCCCCCCCCCCCCCOC(=O)CCCCCCCCCCCCCCC. The van der Waals surface area contributed by atoms with Gasteiger partial charge in [0.2, 0.25) is 5.91 Å². The Kier molecular flexibility index (Phi) is 49.6. The van der Waals surface area contributed by atoms with E-state index in [9.17, 15) is 35.1 Å². The van der Waals surface area contributed by atoms with Crippen molar-refractivity contribution < 1.29 is 49.3 Å². The van der Waals surface area contributed by atoms with Gasteiger partial charge in [0.25, 0.3) is 0 Å². The number of carbonyl (C=O) groups excluding carboxylic acids is 2. The van der Waals surface area contributed by atoms with Gasteiger partial charge < -0.3 is 45.1 Å². The minimum Gasteiger partial charge on any atom is -0.466 e. The molecule has 0 saturated carbocycles. The van der Waals surface area contributed by atoms with Crippen LogP contribution in [0.2, 0.25) is 0 Å². The molecule has 0 aromatic rings. The molecule has 11 heteroatoms. The highest BCUT2D eigenvalue weighted by Gasteiger charge is 2.44. The predicted octanol–water partition coefficient (Wildman–Crippen LogP) is 14.5. The highest BCUT2D eigenvalue weighted by atomic mass is 16.7. The first-order valence-electron chi connectivity index (χ1n) is 30.9. The number of hydrogen-bond acceptors (Lipinski definition) is 10. The Morgan fingerprint density at radius 1 is 0.514 bits per heavy atom. The summed E-state index contributed by atoms with van der Waals surface area (Å²) in [5, 5.41) is 54.1. The molecule has 0 radical (unpaired) electrons. The predicted molar refractivity (Wildman–Crippen MR) is 306 cm³/mol. The summed E-state index contributed by atoms with van der Waals surface area (Å²) in [6, 6.07) is -0.837. The first kappa shape index (κ1) is 69.6. The van der Waals surface area contributed by atoms with Crippen LogP contribution >= 0.6 is 0 Å². The molecule has 1 rings (SSSR count). The third kappa shape index (κ3) is 41.7. The lowest BCUT2D eigenvalue weighted by Gasteiger charge is -2.40. The van der Waals surface area contributed by atoms with Crippen LogP contribution in [0.5, 0.6) is 0 Å². The smallest absolute Gasteiger partial charge is 0.305 e. The fourth-order valence-electron chi connectivity index (χ4n) is 9.59. The molecule has 1 saturated heterocycles. The number of allylic oxidation sites excluding steroid dienone is 7. The van der Waals surface area contributed by atoms with Gasteiger partial charge in [-0.2, -0.15) is 0 Å². The third-order valence-corrected chi connectivity index (χ3v) is 14.5. The fourth-order valence-corrected chi connectivity index (χ4v) is 9.59. The highest BCUT2D eigenvalue weighted by Crippen LogP contribution is 2.23. The normalized spacial score (nSPS) is 19.1. The Bertz CT molecular complexity index is 1370. The molecule has 11 nitrogen and oxygen atoms in total. The Hall–Kier alpha value is -2.38. The number of ether oxygens (including phenoxy) is 3. The molecule has 0 bridgehead atoms. The molecular weight excluding hydrogens is 931 g/mol. The van der Waals surface area contributed by atoms with Crippen molar-refractivity contribution in [1.29, 1.82) is 0 Å². The van der Waals surface area contributed by atoms with Gasteiger partial charge >= 0.3 is 5.97 Å². The number of unbranched alkanes of at least 4 members (excludes halogenated alkanes) is 34. The minimum atomic E-state index is -1.58. The van der Waals surface area contributed by atoms with E-state index in [0.717, 1.165) is 77.0 Å². The van der Waals surface area contributed by atoms with Crippen LogP contribution in [0.4, 0.5) is 0 Å². The Balaban J connectivity index is 1.99. The zero-order valence-corrected chi connectivity index (χ0v) is 47.6. The molecule has 0 spiro atoms. The van der Waals surface area contributed by atoms with Crippen LogP contribution in [-0.2, 0) is 23.8 Å². The van der Waals surface area contributed by atoms with Crippen LogP contribution in [0.3, 0.4) is 0 Å². The van der Waals surface area contributed by atoms with Crippen molar-refractivity contribution in [2.24, 2.45) is 0 Å². The molecule has 1 heterocycles. The maximum atomic E-state index is 13.0. The Morgan fingerprint density at radius 2 is 0.932 bits per heavy atom. The van der Waals surface area contributed by atoms with Gasteiger partial charge in [-0.3, -0.25) is 9.59 Å². The van der Waals surface area contributed by atoms with Crippen molar-refractivity contribution >= 4 is 11.9 Å². The molecule has 74 heavy (non-hydrogen) atoms. The summed E-state index contributed by atoms with van der Waals surface area (Å²) in [6.07, 6.45) is 56.8. The number of hydrogen-bond donors (Lipinski definition) is 6. The molecule has 1 aliphatic heterocycles. The number of aliphatic hydroxyl groups is 5. The molecule has 1 amide bonds. The van der Waals surface area contributed by atoms with Crippen LogP contribution in [0.25, 0.3) is 0 Å². The van der Waals surface area contributed by atoms with Gasteiger partial charge in [0.05, 0.1) is 32.0 Å². The standard InChI is InChI=1S/C63H115NO10/c1-3-5-7-9-11-13-14-27-31-35-39-43-47-51-59(68)72-52-48-44-40-36-32-29-26-24-22-20-18-16-15-17-19-21-23-25-28-30-34-38-42-46-50-58(67)64-55(56(66)49-45-41-37-33-12-10-8-6-4-2)54-73-63-62(71)61(70)60(69)57(53-65)74-63/h4,6,12,17,19,33,45,49,55-57,60-63,65-66,69-71H,3,5,7-11,13-16,18,20-32,34-44,46-48,50-54H2,1-2H3,(H,64,67)/b6-4+,19-17-,33-12+,49-45+. The number of carbonyl (C=O) groups is 2. The molecule has 6 N–H and O–H groups in total. The lowest BCUT2D eigenvalue weighted by molar-refractivity contribution is -0.302. The van der Waals surface area contributed by atoms with E-state index in [1.165, 1.54) is 173 Å². The topological polar surface area (TPSA) is 175 Å². The van der Waals surface area contributed by atoms with E-state index < -0.39 is 49.5 Å². The van der Waals surface area contributed by atoms with E-state index >= 15 is 0 Å². The average Bonchev–Trinajstić information content (AvgIpc) is 3.40. The second-order valence-electron chi connectivity index (χ2n) is 21.4. The van der Waals surface area contributed by atoms with E-state index in [-0.39, 0.29) is 18.5 Å². The second kappa shape index (κ2) is 52.7. The van der Waals surface area contributed by atoms with E-state index in [1.807, 2.05) is 19.1 Å². The number of nitrogens with one attached hydrogen (secondary N) is 1. The molecule has 0 aliphatic carbocycles. The van der Waals surface area contributed by atoms with E-state index in [2.05, 4.69) is 42.6 Å². The lowest BCUT2D eigenvalue weighted by atomic mass is 9.99. The zero-order chi connectivity index (χ0) is 53.8. The minimum absolute atomic E-state index is 0.00174. The van der Waals surface area contributed by atoms with Crippen molar-refractivity contribution in [1.82, 2.24) is 5.32 Å². The van der Waals surface area contributed by atoms with Gasteiger partial charge in [-0.15, -0.1) is 0 Å². The lowest BCUT2D eigenvalue weighted by Crippen LogP contribution is -2.60. The van der Waals surface area contributed by atoms with Crippen molar-refractivity contribution in [2.75, 3.05) is 19.8 Å². The molecule has 0 aromatic carbocycles. The first-order chi connectivity index (χ1) is 36.2. The maximum absolute atomic E-state index is 13.0. The van der Waals surface area contributed by atoms with Crippen molar-refractivity contribution in [2.45, 2.75) is 320 Å². The monoisotopic (exact) mass is 1050 g/mol. The summed E-state index contributed by atoms with van der Waals surface area (Å²) in [5.74, 6) is -0.203. The summed E-state index contributed by atoms with van der Waals surface area (Å²) in [5.41, 5.74) is 0. The van der Waals surface area contributed by atoms with Crippen LogP contribution < -0.4 is 5.32 Å². The fraction of sp³-hybridized carbons (Fsp3) is 0.841. The van der Waals surface area contributed by atoms with Gasteiger partial charge in [-0.1, -0.05) is 235 Å². The average molecular weight is 1050 g/mol. The van der Waals surface area contributed by atoms with Crippen LogP contribution in [0.15, 0.2) is 48.6 Å². The number of esters is 1. The molecular formula is C63H115NO10. The number of amides is 1. The Labute approximate surface area is 453 Å². The number of aliphatic hydroxyl groups excluding tert-OH is 5. The van der Waals surface area contributed by atoms with E-state index in [4.69, 9.17) is 14.2 Å². The molecule has 7 atom stereocenters. The van der Waals surface area contributed by atoms with Crippen molar-refractivity contribution in [3.8, 4) is 0 Å². The van der Waals surface area contributed by atoms with Gasteiger partial charge in [0.1, 0.15) is 24.4 Å². The Morgan fingerprint density at radius 3 is 1.42 bits per heavy atom. The zero-order valence-electron chi connectivity index (χ0n) is 47.6. The van der Waals surface area contributed by atoms with Gasteiger partial charge in [0, 0.05) is 12.8 Å². The summed E-state index contributed by atoms with van der Waals surface area (Å²) in [6.45, 7) is 4.09. The molecule has 432 valence electrons. The van der Waals surface area contributed by atoms with Gasteiger partial charge in [-0.05, 0) is 77.6 Å². The van der Waals surface area contributed by atoms with Gasteiger partial charge in [0.15, 0.2) is 6.29 Å². The summed E-state index contributed by atoms with van der Waals surface area (Å²) < 4.78 is 16.7. The third-order valence-electron chi connectivity index (χ3n) is 14.5. The largest absolute Gasteiger partial charge is 0.466 e.